The van der Waals surface area contributed by atoms with E-state index in [0.717, 1.165) is 30.2 Å². The summed E-state index contributed by atoms with van der Waals surface area (Å²) in [5, 5.41) is 4.66. The minimum atomic E-state index is 0.0901. The van der Waals surface area contributed by atoms with Gasteiger partial charge in [-0.15, -0.1) is 0 Å². The Kier molecular flexibility index (Phi) is 3.72. The van der Waals surface area contributed by atoms with Crippen molar-refractivity contribution in [2.24, 2.45) is 17.3 Å². The molecule has 2 aliphatic rings. The average molecular weight is 353 g/mol. The van der Waals surface area contributed by atoms with E-state index in [1.165, 1.54) is 0 Å². The molecule has 2 atom stereocenters. The summed E-state index contributed by atoms with van der Waals surface area (Å²) in [5.41, 5.74) is 3.68. The fraction of sp³-hybridized carbons (Fsp3) is 0.600. The van der Waals surface area contributed by atoms with E-state index in [4.69, 9.17) is 0 Å². The van der Waals surface area contributed by atoms with Gasteiger partial charge in [0.15, 0.2) is 0 Å². The molecule has 1 saturated carbocycles. The highest BCUT2D eigenvalue weighted by molar-refractivity contribution is 5.95. The third kappa shape index (κ3) is 2.63. The van der Waals surface area contributed by atoms with Crippen molar-refractivity contribution < 1.29 is 4.79 Å². The number of hydrogen-bond acceptors (Lipinski definition) is 4. The highest BCUT2D eigenvalue weighted by Gasteiger charge is 2.62. The summed E-state index contributed by atoms with van der Waals surface area (Å²) < 4.78 is 1.66. The van der Waals surface area contributed by atoms with E-state index in [0.29, 0.717) is 28.8 Å². The molecule has 1 amide bonds. The van der Waals surface area contributed by atoms with Crippen LogP contribution < -0.4 is 0 Å². The number of rotatable bonds is 3. The van der Waals surface area contributed by atoms with Crippen LogP contribution in [0.15, 0.2) is 12.3 Å². The molecule has 4 rings (SSSR count). The van der Waals surface area contributed by atoms with Gasteiger partial charge in [-0.25, -0.2) is 14.6 Å². The molecule has 138 valence electrons. The zero-order valence-corrected chi connectivity index (χ0v) is 16.4. The molecular weight excluding hydrogens is 326 g/mol. The zero-order chi connectivity index (χ0) is 18.8. The lowest BCUT2D eigenvalue weighted by molar-refractivity contribution is 0.0756. The molecule has 2 unspecified atom stereocenters. The first-order valence-electron chi connectivity index (χ1n) is 9.40. The lowest BCUT2D eigenvalue weighted by Crippen LogP contribution is -2.33. The van der Waals surface area contributed by atoms with Gasteiger partial charge in [-0.2, -0.15) is 5.10 Å². The van der Waals surface area contributed by atoms with Gasteiger partial charge in [0.1, 0.15) is 0 Å². The summed E-state index contributed by atoms with van der Waals surface area (Å²) >= 11 is 0. The second-order valence-corrected chi connectivity index (χ2v) is 8.72. The Bertz CT molecular complexity index is 848. The Morgan fingerprint density at radius 2 is 1.73 bits per heavy atom. The summed E-state index contributed by atoms with van der Waals surface area (Å²) in [6, 6.07) is 1.93. The number of hydrogen-bond donors (Lipinski definition) is 0. The first-order chi connectivity index (χ1) is 12.2. The standard InChI is InChI=1S/C20H27N5O/c1-11(2)17-14(18(26)24-9-15-16(10-24)20(15,5)6)8-25(23-17)19-21-12(3)7-13(4)22-19/h7-8,11,15-16H,9-10H2,1-6H3. The molecule has 1 aliphatic carbocycles. The lowest BCUT2D eigenvalue weighted by atomic mass is 10.0. The smallest absolute Gasteiger partial charge is 0.257 e. The second-order valence-electron chi connectivity index (χ2n) is 8.72. The first-order valence-corrected chi connectivity index (χ1v) is 9.40. The van der Waals surface area contributed by atoms with Crippen LogP contribution in [0.3, 0.4) is 0 Å². The lowest BCUT2D eigenvalue weighted by Gasteiger charge is -2.22. The summed E-state index contributed by atoms with van der Waals surface area (Å²) in [6.07, 6.45) is 1.81. The molecule has 3 heterocycles. The van der Waals surface area contributed by atoms with E-state index >= 15 is 0 Å². The Balaban J connectivity index is 1.66. The van der Waals surface area contributed by atoms with Crippen molar-refractivity contribution in [1.82, 2.24) is 24.6 Å². The number of aromatic nitrogens is 4. The second kappa shape index (κ2) is 5.63. The fourth-order valence-electron chi connectivity index (χ4n) is 4.36. The summed E-state index contributed by atoms with van der Waals surface area (Å²) in [4.78, 5) is 24.1. The van der Waals surface area contributed by atoms with Crippen LogP contribution in [0.5, 0.6) is 0 Å². The van der Waals surface area contributed by atoms with Crippen LogP contribution in [-0.2, 0) is 0 Å². The largest absolute Gasteiger partial charge is 0.338 e. The number of carbonyl (C=O) groups is 1. The van der Waals surface area contributed by atoms with Crippen molar-refractivity contribution in [3.05, 3.63) is 34.9 Å². The van der Waals surface area contributed by atoms with E-state index in [1.54, 1.807) is 10.9 Å². The molecule has 0 N–H and O–H groups in total. The van der Waals surface area contributed by atoms with Gasteiger partial charge in [0, 0.05) is 30.7 Å². The maximum absolute atomic E-state index is 13.2. The van der Waals surface area contributed by atoms with Gasteiger partial charge in [0.2, 0.25) is 0 Å². The van der Waals surface area contributed by atoms with Crippen LogP contribution in [0.2, 0.25) is 0 Å². The number of amides is 1. The Hall–Kier alpha value is -2.24. The quantitative estimate of drug-likeness (QED) is 0.850. The van der Waals surface area contributed by atoms with E-state index in [-0.39, 0.29) is 11.8 Å². The molecule has 0 bridgehead atoms. The van der Waals surface area contributed by atoms with E-state index in [1.807, 2.05) is 24.8 Å². The maximum atomic E-state index is 13.2. The number of fused-ring (bicyclic) bond motifs is 1. The van der Waals surface area contributed by atoms with Gasteiger partial charge in [-0.3, -0.25) is 4.79 Å². The van der Waals surface area contributed by atoms with E-state index in [2.05, 4.69) is 42.8 Å². The van der Waals surface area contributed by atoms with Gasteiger partial charge in [-0.05, 0) is 43.1 Å². The van der Waals surface area contributed by atoms with Crippen molar-refractivity contribution in [3.8, 4) is 5.95 Å². The highest BCUT2D eigenvalue weighted by atomic mass is 16.2. The topological polar surface area (TPSA) is 63.9 Å². The van der Waals surface area contributed by atoms with Crippen molar-refractivity contribution >= 4 is 5.91 Å². The molecule has 2 aromatic heterocycles. The van der Waals surface area contributed by atoms with Crippen molar-refractivity contribution in [1.29, 1.82) is 0 Å². The normalized spacial score (nSPS) is 23.4. The monoisotopic (exact) mass is 353 g/mol. The molecular formula is C20H27N5O. The number of piperidine rings is 1. The predicted octanol–water partition coefficient (Wildman–Crippen LogP) is 3.13. The Morgan fingerprint density at radius 1 is 1.15 bits per heavy atom. The van der Waals surface area contributed by atoms with Crippen LogP contribution in [0.25, 0.3) is 5.95 Å². The van der Waals surface area contributed by atoms with Crippen molar-refractivity contribution in [2.75, 3.05) is 13.1 Å². The number of nitrogens with zero attached hydrogens (tertiary/aromatic N) is 5. The van der Waals surface area contributed by atoms with Crippen molar-refractivity contribution in [3.63, 3.8) is 0 Å². The van der Waals surface area contributed by atoms with Gasteiger partial charge in [0.25, 0.3) is 11.9 Å². The Labute approximate surface area is 154 Å². The van der Waals surface area contributed by atoms with Gasteiger partial charge < -0.3 is 4.90 Å². The number of aryl methyl sites for hydroxylation is 2. The summed E-state index contributed by atoms with van der Waals surface area (Å²) in [7, 11) is 0. The number of carbonyl (C=O) groups excluding carboxylic acids is 1. The molecule has 6 nitrogen and oxygen atoms in total. The predicted molar refractivity (Wildman–Crippen MR) is 99.4 cm³/mol. The van der Waals surface area contributed by atoms with Crippen molar-refractivity contribution in [2.45, 2.75) is 47.5 Å². The number of likely N-dealkylation sites (tertiary alicyclic amines) is 1. The summed E-state index contributed by atoms with van der Waals surface area (Å²) in [5.74, 6) is 2.06. The maximum Gasteiger partial charge on any atom is 0.257 e. The molecule has 26 heavy (non-hydrogen) atoms. The fourth-order valence-corrected chi connectivity index (χ4v) is 4.36. The molecule has 0 spiro atoms. The first kappa shape index (κ1) is 17.2. The molecule has 0 aromatic carbocycles. The molecule has 0 radical (unpaired) electrons. The molecule has 1 saturated heterocycles. The highest BCUT2D eigenvalue weighted by Crippen LogP contribution is 2.62. The third-order valence-corrected chi connectivity index (χ3v) is 6.10. The van der Waals surface area contributed by atoms with E-state index in [9.17, 15) is 4.79 Å². The summed E-state index contributed by atoms with van der Waals surface area (Å²) in [6.45, 7) is 14.3. The molecule has 2 fully saturated rings. The van der Waals surface area contributed by atoms with Crippen LogP contribution in [0.1, 0.15) is 61.1 Å². The van der Waals surface area contributed by atoms with E-state index < -0.39 is 0 Å². The van der Waals surface area contributed by atoms with Crippen LogP contribution in [0, 0.1) is 31.1 Å². The average Bonchev–Trinajstić information content (AvgIpc) is 3.00. The minimum Gasteiger partial charge on any atom is -0.338 e. The van der Waals surface area contributed by atoms with Crippen LogP contribution >= 0.6 is 0 Å². The van der Waals surface area contributed by atoms with Gasteiger partial charge in [0.05, 0.1) is 11.3 Å². The molecule has 2 aromatic rings. The van der Waals surface area contributed by atoms with Crippen LogP contribution in [-0.4, -0.2) is 43.6 Å². The SMILES string of the molecule is Cc1cc(C)nc(-n2cc(C(=O)N3CC4C(C3)C4(C)C)c(C(C)C)n2)n1. The third-order valence-electron chi connectivity index (χ3n) is 6.10. The molecule has 6 heteroatoms. The van der Waals surface area contributed by atoms with Gasteiger partial charge in [-0.1, -0.05) is 27.7 Å². The zero-order valence-electron chi connectivity index (χ0n) is 16.4. The molecule has 1 aliphatic heterocycles. The van der Waals surface area contributed by atoms with Gasteiger partial charge >= 0.3 is 0 Å². The van der Waals surface area contributed by atoms with Crippen LogP contribution in [0.4, 0.5) is 0 Å². The Morgan fingerprint density at radius 3 is 2.27 bits per heavy atom. The minimum absolute atomic E-state index is 0.0901.